The van der Waals surface area contributed by atoms with Crippen molar-refractivity contribution in [3.8, 4) is 0 Å². The first-order valence-electron chi connectivity index (χ1n) is 12.5. The number of rotatable bonds is 11. The number of benzene rings is 1. The van der Waals surface area contributed by atoms with Crippen molar-refractivity contribution in [3.63, 3.8) is 0 Å². The molecule has 2 heterocycles. The van der Waals surface area contributed by atoms with Crippen LogP contribution in [0, 0.1) is 6.92 Å². The molecule has 34 heavy (non-hydrogen) atoms. The highest BCUT2D eigenvalue weighted by Crippen LogP contribution is 2.26. The number of hydrogen-bond donors (Lipinski definition) is 2. The van der Waals surface area contributed by atoms with Gasteiger partial charge in [-0.1, -0.05) is 18.2 Å². The molecule has 1 fully saturated rings. The minimum absolute atomic E-state index is 0.417. The quantitative estimate of drug-likeness (QED) is 0.410. The number of anilines is 2. The van der Waals surface area contributed by atoms with Crippen LogP contribution in [-0.2, 0) is 11.2 Å². The Kier molecular flexibility index (Phi) is 8.66. The summed E-state index contributed by atoms with van der Waals surface area (Å²) in [6.45, 7) is 4.49. The van der Waals surface area contributed by atoms with Gasteiger partial charge in [-0.2, -0.15) is 4.98 Å². The molecule has 0 unspecified atom stereocenters. The van der Waals surface area contributed by atoms with Crippen LogP contribution in [0.2, 0.25) is 0 Å². The topological polar surface area (TPSA) is 75.2 Å². The van der Waals surface area contributed by atoms with Crippen LogP contribution in [-0.4, -0.2) is 60.9 Å². The predicted octanol–water partition coefficient (Wildman–Crippen LogP) is 4.36. The highest BCUT2D eigenvalue weighted by Gasteiger charge is 2.22. The van der Waals surface area contributed by atoms with E-state index in [1.807, 2.05) is 39.2 Å². The molecule has 0 amide bonds. The van der Waals surface area contributed by atoms with Crippen molar-refractivity contribution in [3.05, 3.63) is 53.9 Å². The number of aryl methyl sites for hydroxylation is 2. The fourth-order valence-corrected chi connectivity index (χ4v) is 4.62. The molecule has 7 heteroatoms. The van der Waals surface area contributed by atoms with Gasteiger partial charge in [0, 0.05) is 56.1 Å². The molecule has 7 nitrogen and oxygen atoms in total. The summed E-state index contributed by atoms with van der Waals surface area (Å²) >= 11 is 0. The van der Waals surface area contributed by atoms with Crippen LogP contribution in [0.5, 0.6) is 0 Å². The van der Waals surface area contributed by atoms with Crippen LogP contribution in [0.15, 0.2) is 42.5 Å². The van der Waals surface area contributed by atoms with E-state index in [1.54, 1.807) is 0 Å². The molecule has 1 aliphatic carbocycles. The van der Waals surface area contributed by atoms with E-state index in [0.717, 1.165) is 92.3 Å². The van der Waals surface area contributed by atoms with Gasteiger partial charge in [0.15, 0.2) is 0 Å². The van der Waals surface area contributed by atoms with Crippen LogP contribution in [0.3, 0.4) is 0 Å². The fraction of sp³-hybridized carbons (Fsp3) is 0.519. The van der Waals surface area contributed by atoms with Gasteiger partial charge in [-0.3, -0.25) is 4.98 Å². The monoisotopic (exact) mass is 462 g/mol. The van der Waals surface area contributed by atoms with E-state index in [9.17, 15) is 0 Å². The molecule has 0 bridgehead atoms. The number of nitrogens with one attached hydrogen (secondary N) is 2. The Bertz CT molecular complexity index is 1050. The van der Waals surface area contributed by atoms with Gasteiger partial charge >= 0.3 is 0 Å². The van der Waals surface area contributed by atoms with Crippen molar-refractivity contribution in [1.82, 2.24) is 20.3 Å². The van der Waals surface area contributed by atoms with Crippen molar-refractivity contribution in [2.24, 2.45) is 0 Å². The zero-order chi connectivity index (χ0) is 23.8. The number of hydrogen-bond acceptors (Lipinski definition) is 7. The third-order valence-corrected chi connectivity index (χ3v) is 6.41. The van der Waals surface area contributed by atoms with Gasteiger partial charge in [0.1, 0.15) is 5.82 Å². The Labute approximate surface area is 203 Å². The first-order valence-corrected chi connectivity index (χ1v) is 12.5. The van der Waals surface area contributed by atoms with E-state index >= 15 is 0 Å². The molecule has 0 radical (unpaired) electrons. The molecule has 1 saturated carbocycles. The molecule has 0 aliphatic heterocycles. The molecule has 0 atom stereocenters. The minimum Gasteiger partial charge on any atom is -0.380 e. The molecule has 0 saturated heterocycles. The van der Waals surface area contributed by atoms with Crippen molar-refractivity contribution < 1.29 is 4.74 Å². The van der Waals surface area contributed by atoms with Crippen LogP contribution in [0.25, 0.3) is 10.9 Å². The number of nitrogens with zero attached hydrogens (tertiary/aromatic N) is 4. The molecular formula is C27H38N6O. The summed E-state index contributed by atoms with van der Waals surface area (Å²) in [6.07, 6.45) is 6.54. The Morgan fingerprint density at radius 2 is 1.71 bits per heavy atom. The maximum atomic E-state index is 5.82. The lowest BCUT2D eigenvalue weighted by Gasteiger charge is -2.30. The summed E-state index contributed by atoms with van der Waals surface area (Å²) in [5, 5.41) is 8.34. The highest BCUT2D eigenvalue weighted by atomic mass is 16.5. The first kappa shape index (κ1) is 24.4. The summed E-state index contributed by atoms with van der Waals surface area (Å²) in [5.74, 6) is 1.69. The van der Waals surface area contributed by atoms with Gasteiger partial charge in [0.25, 0.3) is 0 Å². The highest BCUT2D eigenvalue weighted by molar-refractivity contribution is 5.90. The zero-order valence-corrected chi connectivity index (χ0v) is 20.8. The van der Waals surface area contributed by atoms with Crippen LogP contribution >= 0.6 is 0 Å². The lowest BCUT2D eigenvalue weighted by molar-refractivity contribution is 0.129. The van der Waals surface area contributed by atoms with E-state index in [2.05, 4.69) is 44.8 Å². The minimum atomic E-state index is 0.417. The zero-order valence-electron chi connectivity index (χ0n) is 20.8. The Balaban J connectivity index is 1.13. The van der Waals surface area contributed by atoms with Gasteiger partial charge < -0.3 is 20.3 Å². The molecule has 1 aromatic carbocycles. The second-order valence-electron chi connectivity index (χ2n) is 9.42. The van der Waals surface area contributed by atoms with Gasteiger partial charge in [-0.25, -0.2) is 4.98 Å². The summed E-state index contributed by atoms with van der Waals surface area (Å²) in [6, 6.07) is 15.4. The van der Waals surface area contributed by atoms with Crippen LogP contribution < -0.4 is 15.5 Å². The molecule has 182 valence electrons. The SMILES string of the molecule is Cc1cccc(CCCOCCNC2CCC(Nc3nc(N(C)C)c4ccccc4n3)CC2)n1. The third-order valence-electron chi connectivity index (χ3n) is 6.41. The predicted molar refractivity (Wildman–Crippen MR) is 140 cm³/mol. The van der Waals surface area contributed by atoms with E-state index in [1.165, 1.54) is 0 Å². The summed E-state index contributed by atoms with van der Waals surface area (Å²) in [4.78, 5) is 16.1. The van der Waals surface area contributed by atoms with Gasteiger partial charge in [-0.15, -0.1) is 0 Å². The summed E-state index contributed by atoms with van der Waals surface area (Å²) in [5.41, 5.74) is 3.21. The number of ether oxygens (including phenoxy) is 1. The maximum absolute atomic E-state index is 5.82. The number of para-hydroxylation sites is 1. The van der Waals surface area contributed by atoms with Crippen molar-refractivity contribution in [2.45, 2.75) is 57.5 Å². The Morgan fingerprint density at radius 3 is 2.50 bits per heavy atom. The summed E-state index contributed by atoms with van der Waals surface area (Å²) in [7, 11) is 4.06. The van der Waals surface area contributed by atoms with E-state index in [0.29, 0.717) is 12.1 Å². The molecule has 2 aromatic heterocycles. The third kappa shape index (κ3) is 6.87. The van der Waals surface area contributed by atoms with Gasteiger partial charge in [0.05, 0.1) is 12.1 Å². The largest absolute Gasteiger partial charge is 0.380 e. The number of fused-ring (bicyclic) bond motifs is 1. The lowest BCUT2D eigenvalue weighted by atomic mass is 9.91. The second kappa shape index (κ2) is 12.1. The molecule has 2 N–H and O–H groups in total. The van der Waals surface area contributed by atoms with Crippen molar-refractivity contribution >= 4 is 22.7 Å². The molecule has 3 aromatic rings. The normalized spacial score (nSPS) is 18.2. The molecule has 0 spiro atoms. The summed E-state index contributed by atoms with van der Waals surface area (Å²) < 4.78 is 5.82. The molecule has 1 aliphatic rings. The molecular weight excluding hydrogens is 424 g/mol. The Morgan fingerprint density at radius 1 is 0.912 bits per heavy atom. The lowest BCUT2D eigenvalue weighted by Crippen LogP contribution is -2.38. The van der Waals surface area contributed by atoms with Crippen LogP contribution in [0.1, 0.15) is 43.5 Å². The van der Waals surface area contributed by atoms with Crippen LogP contribution in [0.4, 0.5) is 11.8 Å². The van der Waals surface area contributed by atoms with Crippen molar-refractivity contribution in [2.75, 3.05) is 44.1 Å². The second-order valence-corrected chi connectivity index (χ2v) is 9.42. The first-order chi connectivity index (χ1) is 16.6. The maximum Gasteiger partial charge on any atom is 0.225 e. The van der Waals surface area contributed by atoms with E-state index in [4.69, 9.17) is 14.7 Å². The Hall–Kier alpha value is -2.77. The standard InChI is InChI=1S/C27H38N6O/c1-20-8-6-9-22(29-20)10-7-18-34-19-17-28-21-13-15-23(16-14-21)30-27-31-25-12-5-4-11-24(25)26(32-27)33(2)3/h4-6,8-9,11-12,21,23,28H,7,10,13-19H2,1-3H3,(H,30,31,32). The number of aromatic nitrogens is 3. The van der Waals surface area contributed by atoms with E-state index in [-0.39, 0.29) is 0 Å². The molecule has 4 rings (SSSR count). The van der Waals surface area contributed by atoms with E-state index < -0.39 is 0 Å². The smallest absolute Gasteiger partial charge is 0.225 e. The average Bonchev–Trinajstić information content (AvgIpc) is 2.84. The average molecular weight is 463 g/mol. The van der Waals surface area contributed by atoms with Gasteiger partial charge in [0.2, 0.25) is 5.95 Å². The van der Waals surface area contributed by atoms with Gasteiger partial charge in [-0.05, 0) is 69.7 Å². The number of pyridine rings is 1. The fourth-order valence-electron chi connectivity index (χ4n) is 4.62. The van der Waals surface area contributed by atoms with Crippen molar-refractivity contribution in [1.29, 1.82) is 0 Å².